The summed E-state index contributed by atoms with van der Waals surface area (Å²) < 4.78 is 14.3. The van der Waals surface area contributed by atoms with Gasteiger partial charge in [-0.15, -0.1) is 0 Å². The summed E-state index contributed by atoms with van der Waals surface area (Å²) in [6, 6.07) is 10.7. The molecule has 2 aromatic rings. The molecule has 0 radical (unpaired) electrons. The number of nitrogens with one attached hydrogen (secondary N) is 1. The lowest BCUT2D eigenvalue weighted by Gasteiger charge is -2.31. The van der Waals surface area contributed by atoms with Crippen LogP contribution in [0.3, 0.4) is 0 Å². The van der Waals surface area contributed by atoms with Gasteiger partial charge in [-0.2, -0.15) is 0 Å². The maximum Gasteiger partial charge on any atom is 0.242 e. The summed E-state index contributed by atoms with van der Waals surface area (Å²) in [5, 5.41) is 3.83. The van der Waals surface area contributed by atoms with E-state index in [-0.39, 0.29) is 30.8 Å². The number of halogens is 3. The van der Waals surface area contributed by atoms with Crippen molar-refractivity contribution in [3.05, 3.63) is 69.5 Å². The van der Waals surface area contributed by atoms with Crippen molar-refractivity contribution in [1.29, 1.82) is 0 Å². The monoisotopic (exact) mass is 464 g/mol. The molecular formula is C24H27Cl2FN2O2. The van der Waals surface area contributed by atoms with Crippen molar-refractivity contribution in [1.82, 2.24) is 10.2 Å². The van der Waals surface area contributed by atoms with E-state index in [1.54, 1.807) is 43.3 Å². The predicted molar refractivity (Wildman–Crippen MR) is 122 cm³/mol. The van der Waals surface area contributed by atoms with Gasteiger partial charge in [0.25, 0.3) is 0 Å². The highest BCUT2D eigenvalue weighted by molar-refractivity contribution is 6.42. The van der Waals surface area contributed by atoms with E-state index >= 15 is 0 Å². The van der Waals surface area contributed by atoms with E-state index in [4.69, 9.17) is 23.2 Å². The summed E-state index contributed by atoms with van der Waals surface area (Å²) in [6.07, 6.45) is 5.30. The number of amides is 2. The van der Waals surface area contributed by atoms with E-state index in [2.05, 4.69) is 5.32 Å². The molecule has 3 rings (SSSR count). The largest absolute Gasteiger partial charge is 0.352 e. The summed E-state index contributed by atoms with van der Waals surface area (Å²) in [6.45, 7) is 1.69. The van der Waals surface area contributed by atoms with Crippen LogP contribution >= 0.6 is 23.2 Å². The number of carbonyl (C=O) groups excluding carboxylic acids is 2. The van der Waals surface area contributed by atoms with Crippen LogP contribution in [0.4, 0.5) is 4.39 Å². The molecule has 1 fully saturated rings. The van der Waals surface area contributed by atoms with Gasteiger partial charge < -0.3 is 10.2 Å². The van der Waals surface area contributed by atoms with Gasteiger partial charge in [0.05, 0.1) is 16.5 Å². The standard InChI is InChI=1S/C24H27Cl2FN2O2/c1-16(24(31)28-19-8-3-2-4-9-19)29(15-18-7-5-6-10-22(18)27)23(30)14-17-11-12-20(25)21(26)13-17/h5-7,10-13,16,19H,2-4,8-9,14-15H2,1H3,(H,28,31)/t16-/m0/s1. The van der Waals surface area contributed by atoms with Gasteiger partial charge >= 0.3 is 0 Å². The summed E-state index contributed by atoms with van der Waals surface area (Å²) in [5.41, 5.74) is 1.04. The predicted octanol–water partition coefficient (Wildman–Crippen LogP) is 5.54. The Morgan fingerprint density at radius 1 is 1.10 bits per heavy atom. The highest BCUT2D eigenvalue weighted by Crippen LogP contribution is 2.24. The lowest BCUT2D eigenvalue weighted by Crippen LogP contribution is -2.50. The molecule has 4 nitrogen and oxygen atoms in total. The van der Waals surface area contributed by atoms with Gasteiger partial charge in [-0.1, -0.05) is 66.7 Å². The van der Waals surface area contributed by atoms with Gasteiger partial charge in [0.2, 0.25) is 11.8 Å². The zero-order valence-corrected chi connectivity index (χ0v) is 19.1. The fraction of sp³-hybridized carbons (Fsp3) is 0.417. The Labute approximate surface area is 192 Å². The maximum absolute atomic E-state index is 14.3. The number of nitrogens with zero attached hydrogens (tertiary/aromatic N) is 1. The van der Waals surface area contributed by atoms with E-state index in [0.29, 0.717) is 21.2 Å². The fourth-order valence-corrected chi connectivity index (χ4v) is 4.21. The number of benzene rings is 2. The molecule has 0 unspecified atom stereocenters. The number of hydrogen-bond acceptors (Lipinski definition) is 2. The van der Waals surface area contributed by atoms with Crippen LogP contribution in [0, 0.1) is 5.82 Å². The SMILES string of the molecule is C[C@@H](C(=O)NC1CCCCC1)N(Cc1ccccc1F)C(=O)Cc1ccc(Cl)c(Cl)c1. The first-order valence-electron chi connectivity index (χ1n) is 10.6. The maximum atomic E-state index is 14.3. The molecule has 0 aromatic heterocycles. The molecule has 0 spiro atoms. The zero-order valence-electron chi connectivity index (χ0n) is 17.5. The Kier molecular flexibility index (Phi) is 8.33. The second kappa shape index (κ2) is 11.0. The van der Waals surface area contributed by atoms with Gasteiger partial charge in [0.1, 0.15) is 11.9 Å². The van der Waals surface area contributed by atoms with E-state index in [0.717, 1.165) is 25.7 Å². The number of hydrogen-bond donors (Lipinski definition) is 1. The van der Waals surface area contributed by atoms with Crippen molar-refractivity contribution < 1.29 is 14.0 Å². The van der Waals surface area contributed by atoms with Crippen molar-refractivity contribution in [2.24, 2.45) is 0 Å². The molecule has 0 aliphatic heterocycles. The van der Waals surface area contributed by atoms with Crippen molar-refractivity contribution in [2.75, 3.05) is 0 Å². The Bertz CT molecular complexity index is 932. The first-order chi connectivity index (χ1) is 14.8. The van der Waals surface area contributed by atoms with Crippen molar-refractivity contribution in [2.45, 2.75) is 64.1 Å². The molecule has 31 heavy (non-hydrogen) atoms. The van der Waals surface area contributed by atoms with E-state index in [1.165, 1.54) is 17.4 Å². The molecule has 2 aromatic carbocycles. The van der Waals surface area contributed by atoms with Crippen molar-refractivity contribution >= 4 is 35.0 Å². The zero-order chi connectivity index (χ0) is 22.4. The topological polar surface area (TPSA) is 49.4 Å². The summed E-state index contributed by atoms with van der Waals surface area (Å²) in [7, 11) is 0. The van der Waals surface area contributed by atoms with E-state index in [9.17, 15) is 14.0 Å². The van der Waals surface area contributed by atoms with Gasteiger partial charge in [0.15, 0.2) is 0 Å². The van der Waals surface area contributed by atoms with Crippen LogP contribution in [-0.4, -0.2) is 28.8 Å². The third kappa shape index (κ3) is 6.44. The molecule has 1 N–H and O–H groups in total. The van der Waals surface area contributed by atoms with Gasteiger partial charge in [-0.3, -0.25) is 9.59 Å². The molecule has 1 aliphatic carbocycles. The second-order valence-electron chi connectivity index (χ2n) is 8.06. The van der Waals surface area contributed by atoms with E-state index < -0.39 is 11.9 Å². The first kappa shape index (κ1) is 23.6. The average molecular weight is 465 g/mol. The van der Waals surface area contributed by atoms with Crippen LogP contribution in [0.25, 0.3) is 0 Å². The van der Waals surface area contributed by atoms with Crippen LogP contribution in [0.5, 0.6) is 0 Å². The molecular weight excluding hydrogens is 438 g/mol. The molecule has 0 heterocycles. The number of carbonyl (C=O) groups is 2. The van der Waals surface area contributed by atoms with Gasteiger partial charge in [-0.25, -0.2) is 4.39 Å². The lowest BCUT2D eigenvalue weighted by molar-refractivity contribution is -0.140. The molecule has 0 bridgehead atoms. The van der Waals surface area contributed by atoms with Crippen LogP contribution in [0.1, 0.15) is 50.2 Å². The minimum atomic E-state index is -0.739. The summed E-state index contributed by atoms with van der Waals surface area (Å²) in [4.78, 5) is 27.6. The highest BCUT2D eigenvalue weighted by Gasteiger charge is 2.28. The summed E-state index contributed by atoms with van der Waals surface area (Å²) >= 11 is 12.0. The minimum absolute atomic E-state index is 0.00603. The first-order valence-corrected chi connectivity index (χ1v) is 11.4. The van der Waals surface area contributed by atoms with Crippen molar-refractivity contribution in [3.63, 3.8) is 0 Å². The Hall–Kier alpha value is -2.11. The fourth-order valence-electron chi connectivity index (χ4n) is 3.89. The Balaban J connectivity index is 1.78. The van der Waals surface area contributed by atoms with Gasteiger partial charge in [-0.05, 0) is 43.5 Å². The Morgan fingerprint density at radius 3 is 2.48 bits per heavy atom. The molecule has 1 atom stereocenters. The molecule has 1 aliphatic rings. The van der Waals surface area contributed by atoms with E-state index in [1.807, 2.05) is 0 Å². The lowest BCUT2D eigenvalue weighted by atomic mass is 9.95. The smallest absolute Gasteiger partial charge is 0.242 e. The molecule has 7 heteroatoms. The van der Waals surface area contributed by atoms with Crippen LogP contribution < -0.4 is 5.32 Å². The van der Waals surface area contributed by atoms with Crippen LogP contribution in [0.2, 0.25) is 10.0 Å². The van der Waals surface area contributed by atoms with Crippen molar-refractivity contribution in [3.8, 4) is 0 Å². The molecule has 166 valence electrons. The average Bonchev–Trinajstić information content (AvgIpc) is 2.76. The number of rotatable bonds is 7. The molecule has 1 saturated carbocycles. The van der Waals surface area contributed by atoms with Crippen LogP contribution in [0.15, 0.2) is 42.5 Å². The third-order valence-corrected chi connectivity index (χ3v) is 6.50. The van der Waals surface area contributed by atoms with Gasteiger partial charge in [0, 0.05) is 18.2 Å². The normalized spacial score (nSPS) is 15.4. The second-order valence-corrected chi connectivity index (χ2v) is 8.87. The highest BCUT2D eigenvalue weighted by atomic mass is 35.5. The third-order valence-electron chi connectivity index (χ3n) is 5.76. The Morgan fingerprint density at radius 2 is 1.81 bits per heavy atom. The molecule has 2 amide bonds. The minimum Gasteiger partial charge on any atom is -0.352 e. The molecule has 0 saturated heterocycles. The quantitative estimate of drug-likeness (QED) is 0.584. The summed E-state index contributed by atoms with van der Waals surface area (Å²) in [5.74, 6) is -0.909. The van der Waals surface area contributed by atoms with Crippen LogP contribution in [-0.2, 0) is 22.6 Å².